The van der Waals surface area contributed by atoms with Crippen LogP contribution in [0, 0.1) is 0 Å². The Balaban J connectivity index is 2.53. The molecule has 1 aromatic rings. The molecule has 0 aliphatic carbocycles. The van der Waals surface area contributed by atoms with Gasteiger partial charge in [-0.1, -0.05) is 6.92 Å². The minimum absolute atomic E-state index is 0.00778. The van der Waals surface area contributed by atoms with E-state index in [1.54, 1.807) is 30.3 Å². The fourth-order valence-corrected chi connectivity index (χ4v) is 2.41. The average Bonchev–Trinajstić information content (AvgIpc) is 2.89. The van der Waals surface area contributed by atoms with Crippen molar-refractivity contribution in [3.8, 4) is 0 Å². The quantitative estimate of drug-likeness (QED) is 0.617. The summed E-state index contributed by atoms with van der Waals surface area (Å²) in [5.41, 5.74) is 0. The maximum absolute atomic E-state index is 11.5. The highest BCUT2D eigenvalue weighted by Gasteiger charge is 2.04. The number of likely N-dealkylation sites (N-methyl/N-ethyl adjacent to an activating group) is 1. The minimum Gasteiger partial charge on any atom is -0.357 e. The molecule has 0 radical (unpaired) electrons. The van der Waals surface area contributed by atoms with Crippen molar-refractivity contribution < 1.29 is 4.79 Å². The molecular weight excluding hydrogens is 272 g/mol. The van der Waals surface area contributed by atoms with E-state index in [4.69, 9.17) is 0 Å². The van der Waals surface area contributed by atoms with E-state index in [9.17, 15) is 4.79 Å². The van der Waals surface area contributed by atoms with Crippen molar-refractivity contribution in [1.82, 2.24) is 15.5 Å². The summed E-state index contributed by atoms with van der Waals surface area (Å²) in [6.07, 6.45) is 1.07. The third-order valence-electron chi connectivity index (χ3n) is 2.71. The Bertz CT molecular complexity index is 454. The zero-order chi connectivity index (χ0) is 15.0. The lowest BCUT2D eigenvalue weighted by Crippen LogP contribution is -2.37. The van der Waals surface area contributed by atoms with Crippen LogP contribution in [0.4, 0.5) is 0 Å². The van der Waals surface area contributed by atoms with Crippen molar-refractivity contribution in [3.63, 3.8) is 0 Å². The highest BCUT2D eigenvalue weighted by Crippen LogP contribution is 2.16. The molecule has 1 amide bonds. The molecule has 0 unspecified atom stereocenters. The smallest absolute Gasteiger partial charge is 0.243 e. The molecule has 2 N–H and O–H groups in total. The first kappa shape index (κ1) is 16.5. The summed E-state index contributed by atoms with van der Waals surface area (Å²) in [4.78, 5) is 20.0. The molecule has 6 heteroatoms. The Kier molecular flexibility index (Phi) is 7.08. The summed E-state index contributed by atoms with van der Waals surface area (Å²) >= 11 is 1.80. The number of nitrogens with zero attached hydrogens (tertiary/aromatic N) is 2. The number of guanidine groups is 1. The van der Waals surface area contributed by atoms with Gasteiger partial charge in [0, 0.05) is 30.4 Å². The van der Waals surface area contributed by atoms with Gasteiger partial charge in [-0.2, -0.15) is 0 Å². The van der Waals surface area contributed by atoms with Crippen LogP contribution in [0.15, 0.2) is 17.1 Å². The van der Waals surface area contributed by atoms with E-state index >= 15 is 0 Å². The molecule has 1 aromatic heterocycles. The molecule has 1 rings (SSSR count). The van der Waals surface area contributed by atoms with Crippen LogP contribution in [0.1, 0.15) is 23.6 Å². The average molecular weight is 296 g/mol. The Morgan fingerprint density at radius 3 is 2.50 bits per heavy atom. The van der Waals surface area contributed by atoms with Crippen molar-refractivity contribution in [1.29, 1.82) is 0 Å². The monoisotopic (exact) mass is 296 g/mol. The number of nitrogens with one attached hydrogen (secondary N) is 2. The van der Waals surface area contributed by atoms with Crippen LogP contribution in [-0.2, 0) is 17.8 Å². The second-order valence-electron chi connectivity index (χ2n) is 4.56. The van der Waals surface area contributed by atoms with Gasteiger partial charge in [-0.3, -0.25) is 4.79 Å². The van der Waals surface area contributed by atoms with Gasteiger partial charge in [-0.25, -0.2) is 4.99 Å². The Morgan fingerprint density at radius 2 is 1.95 bits per heavy atom. The standard InChI is InChI=1S/C14H24N4OS/c1-5-11-7-8-12(20-11)9-16-14(15-6-2)17-10-13(19)18(3)4/h7-8H,5-6,9-10H2,1-4H3,(H2,15,16,17). The number of thiophene rings is 1. The number of carbonyl (C=O) groups is 1. The lowest BCUT2D eigenvalue weighted by atomic mass is 10.4. The molecule has 0 fully saturated rings. The Labute approximate surface area is 125 Å². The summed E-state index contributed by atoms with van der Waals surface area (Å²) in [6, 6.07) is 4.28. The molecule has 112 valence electrons. The van der Waals surface area contributed by atoms with E-state index in [0.29, 0.717) is 5.96 Å². The summed E-state index contributed by atoms with van der Waals surface area (Å²) in [6.45, 7) is 5.82. The second-order valence-corrected chi connectivity index (χ2v) is 5.81. The predicted octanol–water partition coefficient (Wildman–Crippen LogP) is 1.45. The maximum Gasteiger partial charge on any atom is 0.243 e. The van der Waals surface area contributed by atoms with Crippen LogP contribution in [-0.4, -0.2) is 44.0 Å². The molecular formula is C14H24N4OS. The molecule has 1 heterocycles. The zero-order valence-electron chi connectivity index (χ0n) is 12.7. The van der Waals surface area contributed by atoms with Gasteiger partial charge in [0.15, 0.2) is 5.96 Å². The summed E-state index contributed by atoms with van der Waals surface area (Å²) in [5.74, 6) is 0.667. The molecule has 0 aliphatic rings. The molecule has 20 heavy (non-hydrogen) atoms. The fourth-order valence-electron chi connectivity index (χ4n) is 1.51. The number of hydrogen-bond acceptors (Lipinski definition) is 3. The number of rotatable bonds is 6. The second kappa shape index (κ2) is 8.58. The van der Waals surface area contributed by atoms with Crippen LogP contribution in [0.3, 0.4) is 0 Å². The van der Waals surface area contributed by atoms with Gasteiger partial charge in [0.25, 0.3) is 0 Å². The first-order valence-corrected chi connectivity index (χ1v) is 7.68. The van der Waals surface area contributed by atoms with Crippen LogP contribution in [0.5, 0.6) is 0 Å². The predicted molar refractivity (Wildman–Crippen MR) is 85.2 cm³/mol. The van der Waals surface area contributed by atoms with E-state index in [2.05, 4.69) is 34.7 Å². The lowest BCUT2D eigenvalue weighted by Gasteiger charge is -2.12. The first-order chi connectivity index (χ1) is 9.56. The van der Waals surface area contributed by atoms with Gasteiger partial charge in [0.2, 0.25) is 5.91 Å². The number of amides is 1. The summed E-state index contributed by atoms with van der Waals surface area (Å²) < 4.78 is 0. The van der Waals surface area contributed by atoms with Gasteiger partial charge >= 0.3 is 0 Å². The topological polar surface area (TPSA) is 56.7 Å². The molecule has 0 atom stereocenters. The van der Waals surface area contributed by atoms with Crippen molar-refractivity contribution in [2.45, 2.75) is 26.8 Å². The Hall–Kier alpha value is -1.56. The number of hydrogen-bond donors (Lipinski definition) is 2. The van der Waals surface area contributed by atoms with Gasteiger partial charge in [-0.15, -0.1) is 11.3 Å². The summed E-state index contributed by atoms with van der Waals surface area (Å²) in [5, 5.41) is 6.39. The van der Waals surface area contributed by atoms with Gasteiger partial charge < -0.3 is 15.5 Å². The van der Waals surface area contributed by atoms with Crippen LogP contribution < -0.4 is 10.6 Å². The lowest BCUT2D eigenvalue weighted by molar-refractivity contribution is -0.127. The molecule has 5 nitrogen and oxygen atoms in total. The van der Waals surface area contributed by atoms with Crippen LogP contribution in [0.2, 0.25) is 0 Å². The van der Waals surface area contributed by atoms with E-state index in [0.717, 1.165) is 19.5 Å². The van der Waals surface area contributed by atoms with E-state index in [-0.39, 0.29) is 12.5 Å². The van der Waals surface area contributed by atoms with Gasteiger partial charge in [0.05, 0.1) is 6.54 Å². The van der Waals surface area contributed by atoms with Crippen LogP contribution >= 0.6 is 11.3 Å². The first-order valence-electron chi connectivity index (χ1n) is 6.86. The van der Waals surface area contributed by atoms with E-state index < -0.39 is 0 Å². The molecule has 0 spiro atoms. The third-order valence-corrected chi connectivity index (χ3v) is 3.94. The van der Waals surface area contributed by atoms with Crippen molar-refractivity contribution in [2.24, 2.45) is 4.99 Å². The largest absolute Gasteiger partial charge is 0.357 e. The number of aliphatic imine (C=N–C) groups is 1. The number of aryl methyl sites for hydroxylation is 1. The fraction of sp³-hybridized carbons (Fsp3) is 0.571. The van der Waals surface area contributed by atoms with E-state index in [1.807, 2.05) is 6.92 Å². The van der Waals surface area contributed by atoms with Gasteiger partial charge in [-0.05, 0) is 25.5 Å². The highest BCUT2D eigenvalue weighted by atomic mass is 32.1. The maximum atomic E-state index is 11.5. The van der Waals surface area contributed by atoms with Gasteiger partial charge in [0.1, 0.15) is 6.54 Å². The van der Waals surface area contributed by atoms with Crippen molar-refractivity contribution in [2.75, 3.05) is 27.2 Å². The highest BCUT2D eigenvalue weighted by molar-refractivity contribution is 7.11. The third kappa shape index (κ3) is 5.61. The van der Waals surface area contributed by atoms with E-state index in [1.165, 1.54) is 9.75 Å². The van der Waals surface area contributed by atoms with Crippen molar-refractivity contribution in [3.05, 3.63) is 21.9 Å². The van der Waals surface area contributed by atoms with Crippen molar-refractivity contribution >= 4 is 23.2 Å². The molecule has 0 aromatic carbocycles. The molecule has 0 bridgehead atoms. The molecule has 0 saturated carbocycles. The number of carbonyl (C=O) groups excluding carboxylic acids is 1. The minimum atomic E-state index is -0.00778. The zero-order valence-corrected chi connectivity index (χ0v) is 13.5. The molecule has 0 aliphatic heterocycles. The SMILES string of the molecule is CCNC(=NCC(=O)N(C)C)NCc1ccc(CC)s1. The summed E-state index contributed by atoms with van der Waals surface area (Å²) in [7, 11) is 3.46. The van der Waals surface area contributed by atoms with Crippen LogP contribution in [0.25, 0.3) is 0 Å². The Morgan fingerprint density at radius 1 is 1.25 bits per heavy atom. The molecule has 0 saturated heterocycles. The normalized spacial score (nSPS) is 11.3.